The van der Waals surface area contributed by atoms with Crippen LogP contribution < -0.4 is 4.74 Å². The summed E-state index contributed by atoms with van der Waals surface area (Å²) in [6.45, 7) is 26.6. The molecule has 196 valence electrons. The van der Waals surface area contributed by atoms with E-state index in [1.807, 2.05) is 0 Å². The van der Waals surface area contributed by atoms with Crippen molar-refractivity contribution in [3.8, 4) is 5.75 Å². The third-order valence-corrected chi connectivity index (χ3v) is 21.6. The number of hydrogen-bond acceptors (Lipinski definition) is 3. The van der Waals surface area contributed by atoms with Crippen molar-refractivity contribution in [1.29, 1.82) is 0 Å². The van der Waals surface area contributed by atoms with Gasteiger partial charge in [-0.1, -0.05) is 59.5 Å². The molecule has 0 amide bonds. The average Bonchev–Trinajstić information content (AvgIpc) is 2.98. The van der Waals surface area contributed by atoms with Gasteiger partial charge in [-0.25, -0.2) is 0 Å². The van der Waals surface area contributed by atoms with E-state index < -0.39 is 24.7 Å². The van der Waals surface area contributed by atoms with Gasteiger partial charge in [-0.3, -0.25) is 4.79 Å². The maximum atomic E-state index is 13.1. The van der Waals surface area contributed by atoms with Gasteiger partial charge in [0.2, 0.25) is 0 Å². The Labute approximate surface area is 218 Å². The fourth-order valence-corrected chi connectivity index (χ4v) is 25.3. The van der Waals surface area contributed by atoms with E-state index in [1.165, 1.54) is 5.67 Å². The number of benzene rings is 1. The molecule has 2 aliphatic carbocycles. The first kappa shape index (κ1) is 28.6. The van der Waals surface area contributed by atoms with E-state index in [0.29, 0.717) is 17.6 Å². The van der Waals surface area contributed by atoms with Crippen LogP contribution in [0.25, 0.3) is 6.08 Å². The first-order valence-electron chi connectivity index (χ1n) is 13.5. The van der Waals surface area contributed by atoms with Gasteiger partial charge in [-0.15, -0.1) is 0 Å². The molecule has 0 aliphatic heterocycles. The second-order valence-electron chi connectivity index (χ2n) is 14.7. The number of carbonyl (C=O) groups excluding carboxylic acids is 1. The second-order valence-corrected chi connectivity index (χ2v) is 29.5. The summed E-state index contributed by atoms with van der Waals surface area (Å²) in [5, 5.41) is 0. The Balaban J connectivity index is 1.62. The summed E-state index contributed by atoms with van der Waals surface area (Å²) in [5.41, 5.74) is 3.30. The molecule has 2 bridgehead atoms. The predicted molar refractivity (Wildman–Crippen MR) is 158 cm³/mol. The molecule has 6 heteroatoms. The Kier molecular flexibility index (Phi) is 7.95. The highest BCUT2D eigenvalue weighted by molar-refractivity contribution is 6.96. The Morgan fingerprint density at radius 3 is 2.11 bits per heavy atom. The van der Waals surface area contributed by atoms with Crippen molar-refractivity contribution in [1.82, 2.24) is 0 Å². The minimum absolute atomic E-state index is 0.0571. The maximum Gasteiger partial charge on any atom is 0.174 e. The summed E-state index contributed by atoms with van der Waals surface area (Å²) < 4.78 is 13.1. The number of ether oxygens (including phenoxy) is 1. The summed E-state index contributed by atoms with van der Waals surface area (Å²) in [6.07, 6.45) is 4.28. The van der Waals surface area contributed by atoms with Crippen LogP contribution in [0.1, 0.15) is 46.1 Å². The standard InChI is InChI=1S/C29H50O3Si3/c1-22(20-35(11,21-33(5,6)7)32-34(8,9)10)19-31-24-14-12-23(13-15-24)18-25-26-16-17-29(4,27(25)30)28(26,2)3/h12-15,18,22,26H,16-17,19-21H2,1-11H3/b25-18+. The molecule has 0 radical (unpaired) electrons. The fourth-order valence-electron chi connectivity index (χ4n) is 6.98. The molecule has 1 aromatic rings. The van der Waals surface area contributed by atoms with Gasteiger partial charge in [0.15, 0.2) is 22.4 Å². The van der Waals surface area contributed by atoms with E-state index in [4.69, 9.17) is 8.85 Å². The summed E-state index contributed by atoms with van der Waals surface area (Å²) in [6, 6.07) is 9.46. The van der Waals surface area contributed by atoms with Gasteiger partial charge in [0.05, 0.1) is 6.61 Å². The quantitative estimate of drug-likeness (QED) is 0.225. The molecule has 0 N–H and O–H groups in total. The SMILES string of the molecule is CC(COc1ccc(/C=C2/C(=O)C3(C)CCC2C3(C)C)cc1)C[Si](C)(C[Si](C)(C)C)O[Si](C)(C)C. The lowest BCUT2D eigenvalue weighted by molar-refractivity contribution is -0.125. The zero-order chi connectivity index (χ0) is 26.4. The van der Waals surface area contributed by atoms with Gasteiger partial charge in [-0.2, -0.15) is 0 Å². The molecule has 4 unspecified atom stereocenters. The van der Waals surface area contributed by atoms with Gasteiger partial charge in [0, 0.05) is 13.5 Å². The van der Waals surface area contributed by atoms with Gasteiger partial charge < -0.3 is 8.85 Å². The van der Waals surface area contributed by atoms with Crippen molar-refractivity contribution in [2.24, 2.45) is 22.7 Å². The second kappa shape index (κ2) is 9.73. The number of ketones is 1. The van der Waals surface area contributed by atoms with Crippen molar-refractivity contribution < 1.29 is 13.6 Å². The molecule has 35 heavy (non-hydrogen) atoms. The minimum atomic E-state index is -1.78. The normalized spacial score (nSPS) is 27.8. The Hall–Kier alpha value is -0.959. The van der Waals surface area contributed by atoms with Gasteiger partial charge in [-0.05, 0) is 97.3 Å². The van der Waals surface area contributed by atoms with Crippen LogP contribution in [0.3, 0.4) is 0 Å². The van der Waals surface area contributed by atoms with Crippen molar-refractivity contribution in [3.63, 3.8) is 0 Å². The fraction of sp³-hybridized carbons (Fsp3) is 0.690. The lowest BCUT2D eigenvalue weighted by atomic mass is 9.70. The van der Waals surface area contributed by atoms with Crippen LogP contribution >= 0.6 is 0 Å². The number of allylic oxidation sites excluding steroid dienone is 1. The highest BCUT2D eigenvalue weighted by Gasteiger charge is 2.63. The Morgan fingerprint density at radius 1 is 1.03 bits per heavy atom. The van der Waals surface area contributed by atoms with E-state index in [-0.39, 0.29) is 10.8 Å². The van der Waals surface area contributed by atoms with Gasteiger partial charge in [0.1, 0.15) is 5.75 Å². The molecule has 1 aromatic carbocycles. The lowest BCUT2D eigenvalue weighted by Crippen LogP contribution is -2.50. The van der Waals surface area contributed by atoms with Crippen LogP contribution in [0, 0.1) is 22.7 Å². The molecule has 0 heterocycles. The van der Waals surface area contributed by atoms with Crippen LogP contribution in [0.4, 0.5) is 0 Å². The highest BCUT2D eigenvalue weighted by atomic mass is 28.4. The number of rotatable bonds is 10. The summed E-state index contributed by atoms with van der Waals surface area (Å²) in [5.74, 6) is 2.12. The molecule has 2 aliphatic rings. The van der Waals surface area contributed by atoms with E-state index >= 15 is 0 Å². The molecular weight excluding hydrogens is 481 g/mol. The third kappa shape index (κ3) is 6.49. The molecule has 3 nitrogen and oxygen atoms in total. The van der Waals surface area contributed by atoms with Crippen LogP contribution in [-0.2, 0) is 8.91 Å². The van der Waals surface area contributed by atoms with Crippen molar-refractivity contribution in [2.75, 3.05) is 6.61 Å². The molecule has 2 saturated carbocycles. The smallest absolute Gasteiger partial charge is 0.174 e. The number of hydrogen-bond donors (Lipinski definition) is 0. The molecule has 2 fully saturated rings. The van der Waals surface area contributed by atoms with E-state index in [2.05, 4.69) is 104 Å². The van der Waals surface area contributed by atoms with Crippen molar-refractivity contribution >= 4 is 36.6 Å². The maximum absolute atomic E-state index is 13.1. The summed E-state index contributed by atoms with van der Waals surface area (Å²) in [4.78, 5) is 13.1. The number of Topliss-reactive ketones (excluding diaryl/α,β-unsaturated/α-hetero) is 1. The van der Waals surface area contributed by atoms with E-state index in [0.717, 1.165) is 42.4 Å². The molecule has 4 atom stereocenters. The van der Waals surface area contributed by atoms with Crippen molar-refractivity contribution in [2.45, 2.75) is 98.1 Å². The van der Waals surface area contributed by atoms with Crippen LogP contribution in [0.15, 0.2) is 29.8 Å². The van der Waals surface area contributed by atoms with Crippen LogP contribution in [0.5, 0.6) is 5.75 Å². The first-order chi connectivity index (χ1) is 15.9. The van der Waals surface area contributed by atoms with Gasteiger partial charge in [0.25, 0.3) is 0 Å². The summed E-state index contributed by atoms with van der Waals surface area (Å²) in [7, 11) is -4.56. The topological polar surface area (TPSA) is 35.5 Å². The molecule has 0 spiro atoms. The lowest BCUT2D eigenvalue weighted by Gasteiger charge is -2.39. The molecular formula is C29H50O3Si3. The third-order valence-electron chi connectivity index (χ3n) is 8.34. The van der Waals surface area contributed by atoms with Crippen LogP contribution in [0.2, 0.25) is 57.5 Å². The molecule has 0 saturated heterocycles. The first-order valence-corrected chi connectivity index (χ1v) is 23.5. The van der Waals surface area contributed by atoms with E-state index in [9.17, 15) is 4.79 Å². The van der Waals surface area contributed by atoms with Crippen LogP contribution in [-0.4, -0.2) is 37.1 Å². The van der Waals surface area contributed by atoms with Gasteiger partial charge >= 0.3 is 0 Å². The zero-order valence-corrected chi connectivity index (χ0v) is 27.3. The monoisotopic (exact) mass is 530 g/mol. The largest absolute Gasteiger partial charge is 0.493 e. The highest BCUT2D eigenvalue weighted by Crippen LogP contribution is 2.65. The molecule has 3 rings (SSSR count). The predicted octanol–water partition coefficient (Wildman–Crippen LogP) is 8.41. The summed E-state index contributed by atoms with van der Waals surface area (Å²) >= 11 is 0. The zero-order valence-electron chi connectivity index (χ0n) is 24.3. The van der Waals surface area contributed by atoms with Crippen molar-refractivity contribution in [3.05, 3.63) is 35.4 Å². The molecule has 0 aromatic heterocycles. The number of fused-ring (bicyclic) bond motifs is 2. The Morgan fingerprint density at radius 2 is 1.63 bits per heavy atom. The number of carbonyl (C=O) groups is 1. The average molecular weight is 531 g/mol. The minimum Gasteiger partial charge on any atom is -0.493 e. The Bertz CT molecular complexity index is 937. The van der Waals surface area contributed by atoms with E-state index in [1.54, 1.807) is 0 Å².